The summed E-state index contributed by atoms with van der Waals surface area (Å²) in [5, 5.41) is 15.1. The summed E-state index contributed by atoms with van der Waals surface area (Å²) in [6.07, 6.45) is 8.21. The predicted molar refractivity (Wildman–Crippen MR) is 124 cm³/mol. The maximum atomic E-state index is 12.9. The molecule has 168 valence electrons. The fourth-order valence-corrected chi connectivity index (χ4v) is 5.48. The van der Waals surface area contributed by atoms with Crippen LogP contribution in [0, 0.1) is 0 Å². The fraction of sp³-hybridized carbons (Fsp3) is 0.480. The van der Waals surface area contributed by atoms with Gasteiger partial charge in [0.05, 0.1) is 6.04 Å². The number of hydrogen-bond acceptors (Lipinski definition) is 4. The van der Waals surface area contributed by atoms with Crippen LogP contribution in [0.5, 0.6) is 0 Å². The Kier molecular flexibility index (Phi) is 6.08. The van der Waals surface area contributed by atoms with E-state index in [0.29, 0.717) is 12.1 Å². The number of amides is 2. The number of benzene rings is 1. The second-order valence-electron chi connectivity index (χ2n) is 9.16. The largest absolute Gasteiger partial charge is 0.335 e. The van der Waals surface area contributed by atoms with Crippen LogP contribution < -0.4 is 10.6 Å². The number of carbonyl (C=O) groups excluding carboxylic acids is 1. The summed E-state index contributed by atoms with van der Waals surface area (Å²) in [6, 6.07) is 17.6. The zero-order valence-electron chi connectivity index (χ0n) is 18.7. The molecule has 32 heavy (non-hydrogen) atoms. The fourth-order valence-electron chi connectivity index (χ4n) is 5.48. The summed E-state index contributed by atoms with van der Waals surface area (Å²) in [4.78, 5) is 15.6. The van der Waals surface area contributed by atoms with Crippen molar-refractivity contribution in [2.24, 2.45) is 0 Å². The first-order chi connectivity index (χ1) is 15.7. The summed E-state index contributed by atoms with van der Waals surface area (Å²) in [7, 11) is 0. The van der Waals surface area contributed by atoms with Gasteiger partial charge in [-0.3, -0.25) is 9.30 Å². The van der Waals surface area contributed by atoms with Crippen LogP contribution in [0.4, 0.5) is 4.79 Å². The lowest BCUT2D eigenvalue weighted by Gasteiger charge is -2.39. The highest BCUT2D eigenvalue weighted by molar-refractivity contribution is 5.74. The van der Waals surface area contributed by atoms with Gasteiger partial charge < -0.3 is 10.6 Å². The van der Waals surface area contributed by atoms with Gasteiger partial charge in [-0.15, -0.1) is 10.2 Å². The molecule has 3 aromatic rings. The highest BCUT2D eigenvalue weighted by Crippen LogP contribution is 2.36. The smallest absolute Gasteiger partial charge is 0.315 e. The Balaban J connectivity index is 1.21. The summed E-state index contributed by atoms with van der Waals surface area (Å²) in [5.41, 5.74) is 2.17. The first-order valence-corrected chi connectivity index (χ1v) is 11.9. The SMILES string of the molecule is CCCC(NC(=O)NC1CC2CCC(C1)N2Cc1ccccc1)c1nnc2ccccn12. The van der Waals surface area contributed by atoms with Crippen molar-refractivity contribution in [1.29, 1.82) is 0 Å². The lowest BCUT2D eigenvalue weighted by atomic mass is 9.96. The number of piperidine rings is 1. The quantitative estimate of drug-likeness (QED) is 0.590. The molecule has 2 aliphatic rings. The summed E-state index contributed by atoms with van der Waals surface area (Å²) in [5.74, 6) is 0.787. The van der Waals surface area contributed by atoms with Gasteiger partial charge in [-0.1, -0.05) is 49.7 Å². The Hall–Kier alpha value is -2.93. The lowest BCUT2D eigenvalue weighted by molar-refractivity contribution is 0.111. The van der Waals surface area contributed by atoms with Crippen molar-refractivity contribution < 1.29 is 4.79 Å². The second kappa shape index (κ2) is 9.28. The molecule has 2 bridgehead atoms. The molecule has 0 radical (unpaired) electrons. The van der Waals surface area contributed by atoms with Gasteiger partial charge in [-0.05, 0) is 49.8 Å². The Morgan fingerprint density at radius 3 is 2.56 bits per heavy atom. The molecule has 7 nitrogen and oxygen atoms in total. The van der Waals surface area contributed by atoms with Gasteiger partial charge >= 0.3 is 6.03 Å². The van der Waals surface area contributed by atoms with E-state index in [-0.39, 0.29) is 18.1 Å². The third-order valence-electron chi connectivity index (χ3n) is 6.96. The molecule has 7 heteroatoms. The molecule has 2 amide bonds. The molecule has 0 saturated carbocycles. The van der Waals surface area contributed by atoms with Crippen LogP contribution in [0.15, 0.2) is 54.7 Å². The van der Waals surface area contributed by atoms with Crippen LogP contribution in [0.25, 0.3) is 5.65 Å². The van der Waals surface area contributed by atoms with E-state index in [4.69, 9.17) is 0 Å². The zero-order valence-corrected chi connectivity index (χ0v) is 18.7. The van der Waals surface area contributed by atoms with Crippen molar-refractivity contribution >= 4 is 11.7 Å². The molecular weight excluding hydrogens is 400 g/mol. The molecule has 5 rings (SSSR count). The first kappa shape index (κ1) is 20.9. The van der Waals surface area contributed by atoms with Gasteiger partial charge in [0.15, 0.2) is 11.5 Å². The molecule has 4 heterocycles. The van der Waals surface area contributed by atoms with Crippen LogP contribution in [-0.4, -0.2) is 43.7 Å². The van der Waals surface area contributed by atoms with Crippen molar-refractivity contribution in [2.45, 2.75) is 76.2 Å². The lowest BCUT2D eigenvalue weighted by Crippen LogP contribution is -2.52. The summed E-state index contributed by atoms with van der Waals surface area (Å²) >= 11 is 0. The summed E-state index contributed by atoms with van der Waals surface area (Å²) in [6.45, 7) is 3.13. The van der Waals surface area contributed by atoms with Crippen LogP contribution >= 0.6 is 0 Å². The molecule has 3 unspecified atom stereocenters. The van der Waals surface area contributed by atoms with E-state index >= 15 is 0 Å². The predicted octanol–water partition coefficient (Wildman–Crippen LogP) is 4.07. The normalized spacial score (nSPS) is 23.8. The Morgan fingerprint density at radius 2 is 1.81 bits per heavy atom. The molecule has 2 aliphatic heterocycles. The number of rotatable bonds is 7. The van der Waals surface area contributed by atoms with Crippen molar-refractivity contribution in [3.05, 3.63) is 66.1 Å². The molecule has 2 aromatic heterocycles. The van der Waals surface area contributed by atoms with Crippen LogP contribution in [0.3, 0.4) is 0 Å². The van der Waals surface area contributed by atoms with Crippen molar-refractivity contribution in [3.8, 4) is 0 Å². The zero-order chi connectivity index (χ0) is 21.9. The van der Waals surface area contributed by atoms with Crippen molar-refractivity contribution in [1.82, 2.24) is 30.1 Å². The Bertz CT molecular complexity index is 1040. The molecule has 1 aromatic carbocycles. The number of fused-ring (bicyclic) bond motifs is 3. The standard InChI is InChI=1S/C25H32N6O/c1-2-8-22(24-29-28-23-11-6-7-14-30(23)24)27-25(32)26-19-15-20-12-13-21(16-19)31(20)17-18-9-4-3-5-10-18/h3-7,9-11,14,19-22H,2,8,12-13,15-17H2,1H3,(H2,26,27,32). The van der Waals surface area contributed by atoms with E-state index in [2.05, 4.69) is 63.0 Å². The number of pyridine rings is 1. The van der Waals surface area contributed by atoms with Crippen molar-refractivity contribution in [2.75, 3.05) is 0 Å². The van der Waals surface area contributed by atoms with Crippen molar-refractivity contribution in [3.63, 3.8) is 0 Å². The van der Waals surface area contributed by atoms with E-state index in [9.17, 15) is 4.79 Å². The van der Waals surface area contributed by atoms with Crippen LogP contribution in [0.1, 0.15) is 62.9 Å². The van der Waals surface area contributed by atoms with Gasteiger partial charge in [0, 0.05) is 30.9 Å². The molecule has 2 saturated heterocycles. The molecule has 2 N–H and O–H groups in total. The maximum absolute atomic E-state index is 12.9. The molecule has 0 spiro atoms. The highest BCUT2D eigenvalue weighted by atomic mass is 16.2. The number of nitrogens with one attached hydrogen (secondary N) is 2. The number of hydrogen-bond donors (Lipinski definition) is 2. The second-order valence-corrected chi connectivity index (χ2v) is 9.16. The van der Waals surface area contributed by atoms with E-state index in [1.54, 1.807) is 0 Å². The monoisotopic (exact) mass is 432 g/mol. The van der Waals surface area contributed by atoms with Gasteiger partial charge in [0.1, 0.15) is 0 Å². The van der Waals surface area contributed by atoms with Gasteiger partial charge in [0.2, 0.25) is 0 Å². The van der Waals surface area contributed by atoms with E-state index in [1.165, 1.54) is 18.4 Å². The number of urea groups is 1. The van der Waals surface area contributed by atoms with Crippen LogP contribution in [-0.2, 0) is 6.54 Å². The third kappa shape index (κ3) is 4.35. The van der Waals surface area contributed by atoms with E-state index in [1.807, 2.05) is 28.8 Å². The maximum Gasteiger partial charge on any atom is 0.315 e. The molecule has 3 atom stereocenters. The number of carbonyl (C=O) groups is 1. The Morgan fingerprint density at radius 1 is 1.06 bits per heavy atom. The average molecular weight is 433 g/mol. The molecule has 0 aliphatic carbocycles. The summed E-state index contributed by atoms with van der Waals surface area (Å²) < 4.78 is 1.96. The Labute approximate surface area is 189 Å². The molecular formula is C25H32N6O. The third-order valence-corrected chi connectivity index (χ3v) is 6.96. The minimum absolute atomic E-state index is 0.1000. The van der Waals surface area contributed by atoms with Gasteiger partial charge in [-0.25, -0.2) is 4.79 Å². The van der Waals surface area contributed by atoms with E-state index < -0.39 is 0 Å². The number of nitrogens with zero attached hydrogens (tertiary/aromatic N) is 4. The molecule has 2 fully saturated rings. The average Bonchev–Trinajstić information content (AvgIpc) is 3.32. The first-order valence-electron chi connectivity index (χ1n) is 11.9. The number of aromatic nitrogens is 3. The minimum atomic E-state index is -0.160. The van der Waals surface area contributed by atoms with E-state index in [0.717, 1.165) is 43.7 Å². The topological polar surface area (TPSA) is 74.6 Å². The minimum Gasteiger partial charge on any atom is -0.335 e. The van der Waals surface area contributed by atoms with Gasteiger partial charge in [-0.2, -0.15) is 0 Å². The highest BCUT2D eigenvalue weighted by Gasteiger charge is 2.41. The van der Waals surface area contributed by atoms with Crippen LogP contribution in [0.2, 0.25) is 0 Å². The van der Waals surface area contributed by atoms with Gasteiger partial charge in [0.25, 0.3) is 0 Å².